The molecule has 1 saturated heterocycles. The molecule has 31 heavy (non-hydrogen) atoms. The number of hydrogen-bond acceptors (Lipinski definition) is 3. The number of thioether (sulfide) groups is 1. The van der Waals surface area contributed by atoms with Crippen molar-refractivity contribution >= 4 is 33.8 Å². The van der Waals surface area contributed by atoms with Crippen LogP contribution < -0.4 is 0 Å². The quantitative estimate of drug-likeness (QED) is 0.423. The standard InChI is InChI=1S/C26H22N2O2S/c29-24-17-31-26(30)28(24)16-19-12-14-23-22(15-19)21(13-11-18-7-3-1-4-8-18)25(27-23)20-9-5-2-6-10-20/h1-10,12,14-15,27H,11,13,16-17H2. The van der Waals surface area contributed by atoms with Crippen LogP contribution in [0.5, 0.6) is 0 Å². The van der Waals surface area contributed by atoms with Gasteiger partial charge in [-0.25, -0.2) is 0 Å². The van der Waals surface area contributed by atoms with Crippen LogP contribution in [0.1, 0.15) is 16.7 Å². The first-order chi connectivity index (χ1) is 15.2. The third-order valence-corrected chi connectivity index (χ3v) is 6.58. The number of aromatic amines is 1. The zero-order valence-electron chi connectivity index (χ0n) is 17.0. The van der Waals surface area contributed by atoms with Gasteiger partial charge in [0.25, 0.3) is 5.24 Å². The van der Waals surface area contributed by atoms with Crippen LogP contribution in [0.2, 0.25) is 0 Å². The minimum Gasteiger partial charge on any atom is -0.354 e. The molecule has 5 heteroatoms. The Morgan fingerprint density at radius 3 is 2.29 bits per heavy atom. The molecule has 0 unspecified atom stereocenters. The molecule has 0 radical (unpaired) electrons. The van der Waals surface area contributed by atoms with Crippen LogP contribution in [0, 0.1) is 0 Å². The van der Waals surface area contributed by atoms with Gasteiger partial charge in [0.05, 0.1) is 12.3 Å². The fourth-order valence-electron chi connectivity index (χ4n) is 4.13. The highest BCUT2D eigenvalue weighted by atomic mass is 32.2. The second-order valence-electron chi connectivity index (χ2n) is 7.74. The minimum absolute atomic E-state index is 0.113. The van der Waals surface area contributed by atoms with Crippen molar-refractivity contribution in [2.24, 2.45) is 0 Å². The lowest BCUT2D eigenvalue weighted by Gasteiger charge is -2.13. The van der Waals surface area contributed by atoms with Gasteiger partial charge in [0.2, 0.25) is 5.91 Å². The van der Waals surface area contributed by atoms with Crippen molar-refractivity contribution in [1.29, 1.82) is 0 Å². The molecular weight excluding hydrogens is 404 g/mol. The molecule has 4 aromatic rings. The van der Waals surface area contributed by atoms with Crippen LogP contribution in [-0.4, -0.2) is 26.8 Å². The first kappa shape index (κ1) is 19.6. The van der Waals surface area contributed by atoms with Gasteiger partial charge < -0.3 is 4.98 Å². The molecule has 4 nitrogen and oxygen atoms in total. The van der Waals surface area contributed by atoms with Gasteiger partial charge in [-0.2, -0.15) is 0 Å². The lowest BCUT2D eigenvalue weighted by molar-refractivity contribution is -0.125. The predicted molar refractivity (Wildman–Crippen MR) is 126 cm³/mol. The average Bonchev–Trinajstić information content (AvgIpc) is 3.33. The van der Waals surface area contributed by atoms with E-state index < -0.39 is 0 Å². The monoisotopic (exact) mass is 426 g/mol. The van der Waals surface area contributed by atoms with Gasteiger partial charge in [-0.1, -0.05) is 78.5 Å². The molecule has 0 atom stereocenters. The number of rotatable bonds is 6. The van der Waals surface area contributed by atoms with Crippen molar-refractivity contribution in [3.8, 4) is 11.3 Å². The first-order valence-corrected chi connectivity index (χ1v) is 11.4. The van der Waals surface area contributed by atoms with Crippen molar-refractivity contribution in [1.82, 2.24) is 9.88 Å². The summed E-state index contributed by atoms with van der Waals surface area (Å²) in [5.41, 5.74) is 6.89. The number of fused-ring (bicyclic) bond motifs is 1. The number of amides is 2. The third-order valence-electron chi connectivity index (χ3n) is 5.72. The number of aryl methyl sites for hydroxylation is 2. The van der Waals surface area contributed by atoms with Crippen LogP contribution >= 0.6 is 11.8 Å². The molecule has 1 aliphatic rings. The largest absolute Gasteiger partial charge is 0.354 e. The van der Waals surface area contributed by atoms with Crippen LogP contribution in [0.25, 0.3) is 22.2 Å². The molecule has 154 valence electrons. The Balaban J connectivity index is 1.54. The van der Waals surface area contributed by atoms with E-state index in [4.69, 9.17) is 0 Å². The zero-order valence-corrected chi connectivity index (χ0v) is 17.8. The number of carbonyl (C=O) groups is 2. The topological polar surface area (TPSA) is 53.2 Å². The molecule has 1 N–H and O–H groups in total. The number of benzene rings is 3. The molecule has 1 aromatic heterocycles. The van der Waals surface area contributed by atoms with Crippen LogP contribution in [0.3, 0.4) is 0 Å². The highest BCUT2D eigenvalue weighted by molar-refractivity contribution is 8.14. The van der Waals surface area contributed by atoms with E-state index in [1.54, 1.807) is 0 Å². The van der Waals surface area contributed by atoms with Crippen molar-refractivity contribution in [3.63, 3.8) is 0 Å². The molecule has 0 aliphatic carbocycles. The normalized spacial score (nSPS) is 14.0. The molecule has 0 saturated carbocycles. The molecular formula is C26H22N2O2S. The summed E-state index contributed by atoms with van der Waals surface area (Å²) >= 11 is 1.08. The summed E-state index contributed by atoms with van der Waals surface area (Å²) in [6.07, 6.45) is 1.84. The summed E-state index contributed by atoms with van der Waals surface area (Å²) in [5.74, 6) is 0.129. The highest BCUT2D eigenvalue weighted by Gasteiger charge is 2.29. The van der Waals surface area contributed by atoms with E-state index in [0.717, 1.165) is 52.3 Å². The molecule has 1 aliphatic heterocycles. The molecule has 2 heterocycles. The van der Waals surface area contributed by atoms with Crippen LogP contribution in [-0.2, 0) is 24.2 Å². The summed E-state index contributed by atoms with van der Waals surface area (Å²) in [4.78, 5) is 29.0. The Kier molecular flexibility index (Phi) is 5.35. The lowest BCUT2D eigenvalue weighted by Crippen LogP contribution is -2.27. The second-order valence-corrected chi connectivity index (χ2v) is 8.67. The summed E-state index contributed by atoms with van der Waals surface area (Å²) in [7, 11) is 0. The minimum atomic E-state index is -0.159. The van der Waals surface area contributed by atoms with Crippen LogP contribution in [0.4, 0.5) is 4.79 Å². The summed E-state index contributed by atoms with van der Waals surface area (Å²) in [6, 6.07) is 27.0. The number of H-pyrrole nitrogens is 1. The second kappa shape index (κ2) is 8.44. The molecule has 2 amide bonds. The number of aromatic nitrogens is 1. The van der Waals surface area contributed by atoms with E-state index in [0.29, 0.717) is 6.54 Å². The molecule has 1 fully saturated rings. The number of carbonyl (C=O) groups excluding carboxylic acids is 2. The predicted octanol–water partition coefficient (Wildman–Crippen LogP) is 5.82. The smallest absolute Gasteiger partial charge is 0.289 e. The molecule has 0 spiro atoms. The first-order valence-electron chi connectivity index (χ1n) is 10.4. The van der Waals surface area contributed by atoms with Gasteiger partial charge in [0.1, 0.15) is 0 Å². The maximum Gasteiger partial charge on any atom is 0.289 e. The van der Waals surface area contributed by atoms with Gasteiger partial charge >= 0.3 is 0 Å². The number of imide groups is 1. The van der Waals surface area contributed by atoms with E-state index >= 15 is 0 Å². The fraction of sp³-hybridized carbons (Fsp3) is 0.154. The Morgan fingerprint density at radius 1 is 0.839 bits per heavy atom. The van der Waals surface area contributed by atoms with Crippen molar-refractivity contribution in [2.45, 2.75) is 19.4 Å². The summed E-state index contributed by atoms with van der Waals surface area (Å²) in [5, 5.41) is 0.993. The highest BCUT2D eigenvalue weighted by Crippen LogP contribution is 2.33. The summed E-state index contributed by atoms with van der Waals surface area (Å²) < 4.78 is 0. The number of hydrogen-bond donors (Lipinski definition) is 1. The maximum atomic E-state index is 12.0. The Morgan fingerprint density at radius 2 is 1.58 bits per heavy atom. The summed E-state index contributed by atoms with van der Waals surface area (Å²) in [6.45, 7) is 0.324. The average molecular weight is 427 g/mol. The van der Waals surface area contributed by atoms with Crippen LogP contribution in [0.15, 0.2) is 78.9 Å². The van der Waals surface area contributed by atoms with Gasteiger partial charge in [-0.15, -0.1) is 0 Å². The zero-order chi connectivity index (χ0) is 21.2. The van der Waals surface area contributed by atoms with Gasteiger partial charge in [0.15, 0.2) is 0 Å². The Hall–Kier alpha value is -3.31. The third kappa shape index (κ3) is 4.01. The number of nitrogens with one attached hydrogen (secondary N) is 1. The molecule has 5 rings (SSSR count). The maximum absolute atomic E-state index is 12.0. The van der Waals surface area contributed by atoms with Gasteiger partial charge in [0, 0.05) is 16.6 Å². The van der Waals surface area contributed by atoms with Crippen molar-refractivity contribution < 1.29 is 9.59 Å². The van der Waals surface area contributed by atoms with E-state index in [1.807, 2.05) is 18.2 Å². The van der Waals surface area contributed by atoms with E-state index in [9.17, 15) is 9.59 Å². The lowest BCUT2D eigenvalue weighted by atomic mass is 9.98. The van der Waals surface area contributed by atoms with E-state index in [-0.39, 0.29) is 16.9 Å². The fourth-order valence-corrected chi connectivity index (χ4v) is 4.86. The Bertz CT molecular complexity index is 1230. The Labute approximate surface area is 185 Å². The number of nitrogens with zero attached hydrogens (tertiary/aromatic N) is 1. The van der Waals surface area contributed by atoms with Gasteiger partial charge in [-0.3, -0.25) is 14.5 Å². The molecule has 0 bridgehead atoms. The van der Waals surface area contributed by atoms with Crippen molar-refractivity contribution in [2.75, 3.05) is 5.75 Å². The van der Waals surface area contributed by atoms with Crippen molar-refractivity contribution in [3.05, 3.63) is 95.6 Å². The van der Waals surface area contributed by atoms with Gasteiger partial charge in [-0.05, 0) is 47.2 Å². The van der Waals surface area contributed by atoms with E-state index in [1.165, 1.54) is 16.0 Å². The SMILES string of the molecule is O=C1CSC(=O)N1Cc1ccc2[nH]c(-c3ccccc3)c(CCc3ccccc3)c2c1. The van der Waals surface area contributed by atoms with E-state index in [2.05, 4.69) is 65.6 Å². The molecule has 3 aromatic carbocycles.